The van der Waals surface area contributed by atoms with Gasteiger partial charge in [-0.05, 0) is 44.5 Å². The molecule has 1 amide bonds. The Morgan fingerprint density at radius 3 is 2.94 bits per heavy atom. The summed E-state index contributed by atoms with van der Waals surface area (Å²) in [6, 6.07) is 7.58. The van der Waals surface area contributed by atoms with Gasteiger partial charge in [0.15, 0.2) is 0 Å². The van der Waals surface area contributed by atoms with E-state index in [0.29, 0.717) is 35.1 Å². The number of benzene rings is 1. The summed E-state index contributed by atoms with van der Waals surface area (Å²) >= 11 is 6.35. The van der Waals surface area contributed by atoms with Gasteiger partial charge in [0, 0.05) is 47.7 Å². The minimum atomic E-state index is -0.164. The minimum absolute atomic E-state index is 0.0390. The van der Waals surface area contributed by atoms with E-state index in [1.807, 2.05) is 45.0 Å². The number of fused-ring (bicyclic) bond motifs is 1. The molecule has 8 heteroatoms. The summed E-state index contributed by atoms with van der Waals surface area (Å²) in [4.78, 5) is 20.7. The van der Waals surface area contributed by atoms with Gasteiger partial charge in [0.1, 0.15) is 11.9 Å². The van der Waals surface area contributed by atoms with Crippen LogP contribution >= 0.6 is 11.6 Å². The molecule has 0 saturated carbocycles. The Morgan fingerprint density at radius 1 is 1.34 bits per heavy atom. The normalized spacial score (nSPS) is 16.3. The largest absolute Gasteiger partial charge is 0.486 e. The van der Waals surface area contributed by atoms with Crippen LogP contribution in [0.4, 0.5) is 11.4 Å². The van der Waals surface area contributed by atoms with Crippen LogP contribution in [-0.4, -0.2) is 41.7 Å². The van der Waals surface area contributed by atoms with Crippen LogP contribution in [0.3, 0.4) is 0 Å². The number of aromatic amines is 1. The number of methoxy groups -OCH3 is 1. The van der Waals surface area contributed by atoms with Gasteiger partial charge in [-0.25, -0.2) is 0 Å². The maximum Gasteiger partial charge on any atom is 0.255 e. The SMILES string of the molecule is COCC(C)Oc1cnccc1-c1[nH]c2c(c1Nc1cccc(Cl)c1C)C(=O)N[C@H](C)C2. The van der Waals surface area contributed by atoms with Crippen LogP contribution in [0.25, 0.3) is 11.3 Å². The third-order valence-corrected chi connectivity index (χ3v) is 5.91. The molecule has 2 aromatic heterocycles. The molecule has 1 aromatic carbocycles. The first kappa shape index (κ1) is 22.2. The number of anilines is 2. The summed E-state index contributed by atoms with van der Waals surface area (Å²) in [7, 11) is 1.64. The molecule has 32 heavy (non-hydrogen) atoms. The number of carbonyl (C=O) groups excluding carboxylic acids is 1. The van der Waals surface area contributed by atoms with E-state index in [0.717, 1.165) is 28.2 Å². The molecule has 0 aliphatic carbocycles. The van der Waals surface area contributed by atoms with E-state index in [2.05, 4.69) is 20.6 Å². The zero-order valence-corrected chi connectivity index (χ0v) is 19.3. The third kappa shape index (κ3) is 4.31. The summed E-state index contributed by atoms with van der Waals surface area (Å²) in [6.07, 6.45) is 3.92. The highest BCUT2D eigenvalue weighted by Gasteiger charge is 2.31. The molecule has 4 rings (SSSR count). The second kappa shape index (κ2) is 9.22. The second-order valence-electron chi connectivity index (χ2n) is 8.10. The predicted molar refractivity (Wildman–Crippen MR) is 126 cm³/mol. The summed E-state index contributed by atoms with van der Waals surface area (Å²) in [5.41, 5.74) is 5.47. The number of ether oxygens (including phenoxy) is 2. The van der Waals surface area contributed by atoms with Crippen molar-refractivity contribution in [1.82, 2.24) is 15.3 Å². The zero-order valence-electron chi connectivity index (χ0n) is 18.6. The third-order valence-electron chi connectivity index (χ3n) is 5.50. The van der Waals surface area contributed by atoms with Crippen molar-refractivity contribution in [3.05, 3.63) is 58.5 Å². The van der Waals surface area contributed by atoms with Crippen LogP contribution in [0.1, 0.15) is 35.5 Å². The van der Waals surface area contributed by atoms with E-state index in [1.54, 1.807) is 19.5 Å². The second-order valence-corrected chi connectivity index (χ2v) is 8.51. The quantitative estimate of drug-likeness (QED) is 0.474. The number of pyridine rings is 1. The number of H-pyrrole nitrogens is 1. The van der Waals surface area contributed by atoms with E-state index in [1.165, 1.54) is 0 Å². The first-order valence-electron chi connectivity index (χ1n) is 10.6. The van der Waals surface area contributed by atoms with Gasteiger partial charge in [-0.3, -0.25) is 9.78 Å². The summed E-state index contributed by atoms with van der Waals surface area (Å²) < 4.78 is 11.3. The van der Waals surface area contributed by atoms with Gasteiger partial charge >= 0.3 is 0 Å². The van der Waals surface area contributed by atoms with Crippen LogP contribution in [0.5, 0.6) is 5.75 Å². The summed E-state index contributed by atoms with van der Waals surface area (Å²) in [5.74, 6) is 0.489. The average Bonchev–Trinajstić information content (AvgIpc) is 3.10. The molecule has 168 valence electrons. The lowest BCUT2D eigenvalue weighted by atomic mass is 10.0. The van der Waals surface area contributed by atoms with E-state index in [4.69, 9.17) is 21.1 Å². The predicted octanol–water partition coefficient (Wildman–Crippen LogP) is 4.87. The van der Waals surface area contributed by atoms with Gasteiger partial charge in [0.25, 0.3) is 5.91 Å². The Balaban J connectivity index is 1.86. The molecular weight excluding hydrogens is 428 g/mol. The first-order chi connectivity index (χ1) is 15.4. The molecule has 3 aromatic rings. The van der Waals surface area contributed by atoms with Crippen LogP contribution < -0.4 is 15.4 Å². The molecule has 2 atom stereocenters. The molecule has 0 saturated heterocycles. The van der Waals surface area contributed by atoms with Crippen molar-refractivity contribution < 1.29 is 14.3 Å². The number of amides is 1. The highest BCUT2D eigenvalue weighted by molar-refractivity contribution is 6.31. The lowest BCUT2D eigenvalue weighted by Gasteiger charge is -2.21. The molecule has 7 nitrogen and oxygen atoms in total. The highest BCUT2D eigenvalue weighted by Crippen LogP contribution is 2.41. The molecule has 1 unspecified atom stereocenters. The van der Waals surface area contributed by atoms with Crippen molar-refractivity contribution in [2.45, 2.75) is 39.3 Å². The molecule has 1 aliphatic rings. The Bertz CT molecular complexity index is 1140. The lowest BCUT2D eigenvalue weighted by molar-refractivity contribution is 0.0921. The summed E-state index contributed by atoms with van der Waals surface area (Å²) in [6.45, 7) is 6.31. The number of hydrogen-bond acceptors (Lipinski definition) is 5. The van der Waals surface area contributed by atoms with E-state index in [9.17, 15) is 4.79 Å². The molecule has 3 N–H and O–H groups in total. The van der Waals surface area contributed by atoms with Crippen molar-refractivity contribution in [3.8, 4) is 17.0 Å². The van der Waals surface area contributed by atoms with Gasteiger partial charge in [0.2, 0.25) is 0 Å². The fourth-order valence-electron chi connectivity index (χ4n) is 3.98. The number of aromatic nitrogens is 2. The number of carbonyl (C=O) groups is 1. The number of rotatable bonds is 7. The average molecular weight is 455 g/mol. The maximum absolute atomic E-state index is 13.0. The molecule has 3 heterocycles. The van der Waals surface area contributed by atoms with E-state index in [-0.39, 0.29) is 18.1 Å². The van der Waals surface area contributed by atoms with Gasteiger partial charge in [0.05, 0.1) is 29.7 Å². The molecule has 0 spiro atoms. The van der Waals surface area contributed by atoms with Crippen molar-refractivity contribution in [2.75, 3.05) is 19.0 Å². The minimum Gasteiger partial charge on any atom is -0.486 e. The lowest BCUT2D eigenvalue weighted by Crippen LogP contribution is -2.39. The molecule has 0 radical (unpaired) electrons. The molecule has 1 aliphatic heterocycles. The van der Waals surface area contributed by atoms with Crippen molar-refractivity contribution in [3.63, 3.8) is 0 Å². The number of hydrogen-bond donors (Lipinski definition) is 3. The Labute approximate surface area is 192 Å². The van der Waals surface area contributed by atoms with Crippen LogP contribution in [0.15, 0.2) is 36.7 Å². The summed E-state index contributed by atoms with van der Waals surface area (Å²) in [5, 5.41) is 7.15. The van der Waals surface area contributed by atoms with Gasteiger partial charge in [-0.1, -0.05) is 17.7 Å². The van der Waals surface area contributed by atoms with E-state index < -0.39 is 0 Å². The molecule has 0 fully saturated rings. The molecular formula is C24H27ClN4O3. The fraction of sp³-hybridized carbons (Fsp3) is 0.333. The Hall–Kier alpha value is -3.03. The van der Waals surface area contributed by atoms with Gasteiger partial charge in [-0.2, -0.15) is 0 Å². The smallest absolute Gasteiger partial charge is 0.255 e. The van der Waals surface area contributed by atoms with Crippen molar-refractivity contribution in [2.24, 2.45) is 0 Å². The zero-order chi connectivity index (χ0) is 22.8. The van der Waals surface area contributed by atoms with Crippen LogP contribution in [0, 0.1) is 6.92 Å². The van der Waals surface area contributed by atoms with Gasteiger partial charge < -0.3 is 25.1 Å². The molecule has 0 bridgehead atoms. The van der Waals surface area contributed by atoms with Crippen molar-refractivity contribution >= 4 is 28.9 Å². The Morgan fingerprint density at radius 2 is 2.16 bits per heavy atom. The highest BCUT2D eigenvalue weighted by atomic mass is 35.5. The maximum atomic E-state index is 13.0. The fourth-order valence-corrected chi connectivity index (χ4v) is 4.15. The number of nitrogens with one attached hydrogen (secondary N) is 3. The Kier molecular flexibility index (Phi) is 6.39. The monoisotopic (exact) mass is 454 g/mol. The van der Waals surface area contributed by atoms with Crippen LogP contribution in [0.2, 0.25) is 5.02 Å². The van der Waals surface area contributed by atoms with Gasteiger partial charge in [-0.15, -0.1) is 0 Å². The number of halogens is 1. The number of nitrogens with zero attached hydrogens (tertiary/aromatic N) is 1. The first-order valence-corrected chi connectivity index (χ1v) is 10.9. The van der Waals surface area contributed by atoms with Crippen molar-refractivity contribution in [1.29, 1.82) is 0 Å². The standard InChI is InChI=1S/C24H27ClN4O3/c1-13-10-19-21(24(30)27-13)23(28-18-7-5-6-17(25)15(18)3)22(29-19)16-8-9-26-11-20(16)32-14(2)12-31-4/h5-9,11,13-14,28-29H,10,12H2,1-4H3,(H,27,30)/t13-,14?/m1/s1. The van der Waals surface area contributed by atoms with Crippen LogP contribution in [-0.2, 0) is 11.2 Å². The van der Waals surface area contributed by atoms with E-state index >= 15 is 0 Å². The topological polar surface area (TPSA) is 88.3 Å².